The van der Waals surface area contributed by atoms with Crippen LogP contribution in [0, 0.1) is 17.4 Å². The Morgan fingerprint density at radius 1 is 1.05 bits per heavy atom. The molecule has 0 aliphatic carbocycles. The molecule has 2 aromatic rings. The van der Waals surface area contributed by atoms with Crippen LogP contribution >= 0.6 is 38.5 Å². The van der Waals surface area contributed by atoms with Crippen LogP contribution in [0.4, 0.5) is 0 Å². The third-order valence-electron chi connectivity index (χ3n) is 3.24. The highest BCUT2D eigenvalue weighted by atomic mass is 127. The van der Waals surface area contributed by atoms with E-state index in [1.165, 1.54) is 25.8 Å². The van der Waals surface area contributed by atoms with Gasteiger partial charge in [-0.1, -0.05) is 40.2 Å². The second kappa shape index (κ2) is 6.27. The van der Waals surface area contributed by atoms with Gasteiger partial charge in [-0.3, -0.25) is 0 Å². The standard InChI is InChI=1S/C16H16BrIO/c1-10-5-4-6-14(16(10)18)15(17)13-8-7-12(19-3)9-11(13)2/h4-9,15H,1-3H3. The minimum absolute atomic E-state index is 0.213. The summed E-state index contributed by atoms with van der Waals surface area (Å²) in [4.78, 5) is 0.213. The molecule has 0 heterocycles. The first kappa shape index (κ1) is 14.9. The van der Waals surface area contributed by atoms with Gasteiger partial charge in [0, 0.05) is 3.57 Å². The molecular weight excluding hydrogens is 415 g/mol. The van der Waals surface area contributed by atoms with Gasteiger partial charge in [0.25, 0.3) is 0 Å². The lowest BCUT2D eigenvalue weighted by Gasteiger charge is -2.17. The smallest absolute Gasteiger partial charge is 0.119 e. The van der Waals surface area contributed by atoms with Crippen molar-refractivity contribution in [2.45, 2.75) is 18.7 Å². The van der Waals surface area contributed by atoms with Gasteiger partial charge in [0.1, 0.15) is 5.75 Å². The Hall–Kier alpha value is -0.550. The summed E-state index contributed by atoms with van der Waals surface area (Å²) in [5, 5.41) is 0. The van der Waals surface area contributed by atoms with Crippen molar-refractivity contribution in [3.8, 4) is 5.75 Å². The Labute approximate surface area is 136 Å². The molecule has 2 aromatic carbocycles. The lowest BCUT2D eigenvalue weighted by molar-refractivity contribution is 0.414. The highest BCUT2D eigenvalue weighted by Crippen LogP contribution is 2.37. The van der Waals surface area contributed by atoms with Crippen molar-refractivity contribution >= 4 is 38.5 Å². The van der Waals surface area contributed by atoms with Gasteiger partial charge in [0.05, 0.1) is 11.9 Å². The van der Waals surface area contributed by atoms with E-state index in [9.17, 15) is 0 Å². The first-order valence-corrected chi connectivity index (χ1v) is 8.07. The molecule has 1 atom stereocenters. The van der Waals surface area contributed by atoms with Crippen molar-refractivity contribution in [3.05, 3.63) is 62.2 Å². The quantitative estimate of drug-likeness (QED) is 0.467. The zero-order valence-electron chi connectivity index (χ0n) is 11.2. The Balaban J connectivity index is 2.44. The molecule has 3 heteroatoms. The van der Waals surface area contributed by atoms with E-state index in [4.69, 9.17) is 4.74 Å². The summed E-state index contributed by atoms with van der Waals surface area (Å²) in [5.41, 5.74) is 5.14. The Bertz CT molecular complexity index is 595. The monoisotopic (exact) mass is 430 g/mol. The lowest BCUT2D eigenvalue weighted by Crippen LogP contribution is -2.00. The molecule has 100 valence electrons. The molecule has 1 nitrogen and oxygen atoms in total. The number of alkyl halides is 1. The van der Waals surface area contributed by atoms with Crippen LogP contribution < -0.4 is 4.74 Å². The van der Waals surface area contributed by atoms with Crippen molar-refractivity contribution in [3.63, 3.8) is 0 Å². The Kier molecular flexibility index (Phi) is 4.90. The first-order valence-electron chi connectivity index (χ1n) is 6.08. The van der Waals surface area contributed by atoms with Crippen molar-refractivity contribution in [1.82, 2.24) is 0 Å². The van der Waals surface area contributed by atoms with Crippen LogP contribution in [0.2, 0.25) is 0 Å². The maximum atomic E-state index is 5.26. The van der Waals surface area contributed by atoms with Gasteiger partial charge in [-0.15, -0.1) is 0 Å². The van der Waals surface area contributed by atoms with E-state index in [1.807, 2.05) is 6.07 Å². The van der Waals surface area contributed by atoms with Gasteiger partial charge in [-0.05, 0) is 70.8 Å². The molecule has 0 aliphatic rings. The fourth-order valence-electron chi connectivity index (χ4n) is 2.09. The van der Waals surface area contributed by atoms with E-state index in [1.54, 1.807) is 7.11 Å². The molecule has 0 amide bonds. The topological polar surface area (TPSA) is 9.23 Å². The van der Waals surface area contributed by atoms with Gasteiger partial charge in [-0.2, -0.15) is 0 Å². The van der Waals surface area contributed by atoms with Gasteiger partial charge >= 0.3 is 0 Å². The van der Waals surface area contributed by atoms with Crippen molar-refractivity contribution in [2.75, 3.05) is 7.11 Å². The number of hydrogen-bond acceptors (Lipinski definition) is 1. The minimum atomic E-state index is 0.213. The third-order valence-corrected chi connectivity index (χ3v) is 5.70. The van der Waals surface area contributed by atoms with E-state index in [2.05, 4.69) is 82.7 Å². The second-order valence-electron chi connectivity index (χ2n) is 4.56. The normalized spacial score (nSPS) is 12.3. The van der Waals surface area contributed by atoms with E-state index >= 15 is 0 Å². The molecule has 2 rings (SSSR count). The number of benzene rings is 2. The summed E-state index contributed by atoms with van der Waals surface area (Å²) < 4.78 is 6.58. The van der Waals surface area contributed by atoms with Crippen LogP contribution in [0.5, 0.6) is 5.75 Å². The number of halogens is 2. The van der Waals surface area contributed by atoms with E-state index in [0.717, 1.165) is 5.75 Å². The van der Waals surface area contributed by atoms with Crippen molar-refractivity contribution in [1.29, 1.82) is 0 Å². The highest BCUT2D eigenvalue weighted by Gasteiger charge is 2.16. The van der Waals surface area contributed by atoms with E-state index < -0.39 is 0 Å². The lowest BCUT2D eigenvalue weighted by atomic mass is 9.99. The predicted molar refractivity (Wildman–Crippen MR) is 92.4 cm³/mol. The van der Waals surface area contributed by atoms with Crippen LogP contribution in [0.15, 0.2) is 36.4 Å². The summed E-state index contributed by atoms with van der Waals surface area (Å²) in [6.07, 6.45) is 0. The molecule has 0 N–H and O–H groups in total. The van der Waals surface area contributed by atoms with Crippen LogP contribution in [-0.4, -0.2) is 7.11 Å². The number of ether oxygens (including phenoxy) is 1. The van der Waals surface area contributed by atoms with Gasteiger partial charge in [0.15, 0.2) is 0 Å². The summed E-state index contributed by atoms with van der Waals surface area (Å²) >= 11 is 6.25. The molecule has 0 aromatic heterocycles. The largest absolute Gasteiger partial charge is 0.497 e. The predicted octanol–water partition coefficient (Wildman–Crippen LogP) is 5.40. The van der Waals surface area contributed by atoms with Gasteiger partial charge < -0.3 is 4.74 Å². The van der Waals surface area contributed by atoms with E-state index in [0.29, 0.717) is 0 Å². The van der Waals surface area contributed by atoms with Crippen molar-refractivity contribution in [2.24, 2.45) is 0 Å². The molecule has 0 saturated heterocycles. The second-order valence-corrected chi connectivity index (χ2v) is 6.56. The van der Waals surface area contributed by atoms with E-state index in [-0.39, 0.29) is 4.83 Å². The number of rotatable bonds is 3. The molecule has 0 spiro atoms. The first-order chi connectivity index (χ1) is 9.04. The maximum Gasteiger partial charge on any atom is 0.119 e. The fraction of sp³-hybridized carbons (Fsp3) is 0.250. The Morgan fingerprint density at radius 2 is 1.79 bits per heavy atom. The molecule has 1 unspecified atom stereocenters. The molecule has 0 aliphatic heterocycles. The third kappa shape index (κ3) is 3.14. The highest BCUT2D eigenvalue weighted by molar-refractivity contribution is 14.1. The number of methoxy groups -OCH3 is 1. The Morgan fingerprint density at radius 3 is 2.42 bits per heavy atom. The van der Waals surface area contributed by atoms with Gasteiger partial charge in [-0.25, -0.2) is 0 Å². The van der Waals surface area contributed by atoms with Crippen LogP contribution in [0.25, 0.3) is 0 Å². The summed E-state index contributed by atoms with van der Waals surface area (Å²) in [5.74, 6) is 0.903. The SMILES string of the molecule is COc1ccc(C(Br)c2cccc(C)c2I)c(C)c1. The summed E-state index contributed by atoms with van der Waals surface area (Å²) in [6, 6.07) is 12.7. The number of aryl methyl sites for hydroxylation is 2. The van der Waals surface area contributed by atoms with Crippen LogP contribution in [0.3, 0.4) is 0 Å². The molecule has 19 heavy (non-hydrogen) atoms. The summed E-state index contributed by atoms with van der Waals surface area (Å²) in [7, 11) is 1.70. The zero-order valence-corrected chi connectivity index (χ0v) is 14.9. The van der Waals surface area contributed by atoms with Crippen LogP contribution in [0.1, 0.15) is 27.1 Å². The molecular formula is C16H16BrIO. The average molecular weight is 431 g/mol. The summed E-state index contributed by atoms with van der Waals surface area (Å²) in [6.45, 7) is 4.26. The molecule has 0 bridgehead atoms. The zero-order chi connectivity index (χ0) is 14.0. The van der Waals surface area contributed by atoms with Gasteiger partial charge in [0.2, 0.25) is 0 Å². The number of hydrogen-bond donors (Lipinski definition) is 0. The average Bonchev–Trinajstić information content (AvgIpc) is 2.41. The van der Waals surface area contributed by atoms with Crippen LogP contribution in [-0.2, 0) is 0 Å². The molecule has 0 saturated carbocycles. The molecule has 0 radical (unpaired) electrons. The molecule has 0 fully saturated rings. The minimum Gasteiger partial charge on any atom is -0.497 e. The van der Waals surface area contributed by atoms with Crippen molar-refractivity contribution < 1.29 is 4.74 Å². The fourth-order valence-corrected chi connectivity index (χ4v) is 4.09. The maximum absolute atomic E-state index is 5.26.